The summed E-state index contributed by atoms with van der Waals surface area (Å²) in [7, 11) is 0. The molecule has 1 amide bonds. The van der Waals surface area contributed by atoms with E-state index in [1.54, 1.807) is 6.21 Å². The van der Waals surface area contributed by atoms with Crippen molar-refractivity contribution in [2.75, 3.05) is 0 Å². The summed E-state index contributed by atoms with van der Waals surface area (Å²) in [5, 5.41) is 12.8. The molecule has 0 fully saturated rings. The average Bonchev–Trinajstić information content (AvgIpc) is 3.40. The molecule has 2 aromatic heterocycles. The van der Waals surface area contributed by atoms with Crippen molar-refractivity contribution < 1.29 is 9.53 Å². The van der Waals surface area contributed by atoms with Crippen molar-refractivity contribution in [2.45, 2.75) is 0 Å². The fraction of sp³-hybridized carbons (Fsp3) is 0. The number of benzene rings is 2. The number of thiophene rings is 1. The fourth-order valence-corrected chi connectivity index (χ4v) is 3.31. The molecule has 4 aromatic rings. The number of hydrogen-bond donors (Lipinski definition) is 2. The Kier molecular flexibility index (Phi) is 5.26. The highest BCUT2D eigenvalue weighted by molar-refractivity contribution is 7.13. The van der Waals surface area contributed by atoms with E-state index in [2.05, 4.69) is 20.7 Å². The van der Waals surface area contributed by atoms with E-state index in [0.29, 0.717) is 17.0 Å². The fourth-order valence-electron chi connectivity index (χ4n) is 2.58. The van der Waals surface area contributed by atoms with Gasteiger partial charge in [-0.1, -0.05) is 36.4 Å². The normalized spacial score (nSPS) is 10.9. The first-order valence-electron chi connectivity index (χ1n) is 8.53. The number of nitrogens with one attached hydrogen (secondary N) is 2. The predicted octanol–water partition coefficient (Wildman–Crippen LogP) is 4.69. The van der Waals surface area contributed by atoms with Crippen LogP contribution in [0.1, 0.15) is 15.9 Å². The maximum Gasteiger partial charge on any atom is 0.275 e. The third kappa shape index (κ3) is 4.16. The number of aromatic amines is 1. The van der Waals surface area contributed by atoms with Crippen LogP contribution in [0.3, 0.4) is 0 Å². The zero-order chi connectivity index (χ0) is 19.2. The van der Waals surface area contributed by atoms with Crippen LogP contribution in [0.5, 0.6) is 11.5 Å². The average molecular weight is 388 g/mol. The summed E-state index contributed by atoms with van der Waals surface area (Å²) in [4.78, 5) is 13.4. The van der Waals surface area contributed by atoms with E-state index < -0.39 is 0 Å². The maximum absolute atomic E-state index is 12.4. The Morgan fingerprint density at radius 2 is 1.93 bits per heavy atom. The molecule has 0 saturated carbocycles. The number of rotatable bonds is 6. The first kappa shape index (κ1) is 17.7. The van der Waals surface area contributed by atoms with Gasteiger partial charge in [0.2, 0.25) is 0 Å². The van der Waals surface area contributed by atoms with Crippen LogP contribution in [-0.2, 0) is 0 Å². The van der Waals surface area contributed by atoms with Gasteiger partial charge in [-0.2, -0.15) is 10.2 Å². The molecule has 0 atom stereocenters. The monoisotopic (exact) mass is 388 g/mol. The molecule has 4 rings (SSSR count). The third-order valence-electron chi connectivity index (χ3n) is 3.87. The van der Waals surface area contributed by atoms with Crippen molar-refractivity contribution in [3.63, 3.8) is 0 Å². The van der Waals surface area contributed by atoms with Crippen molar-refractivity contribution >= 4 is 23.5 Å². The molecule has 2 heterocycles. The minimum absolute atomic E-state index is 0.329. The zero-order valence-corrected chi connectivity index (χ0v) is 15.5. The summed E-state index contributed by atoms with van der Waals surface area (Å²) in [6, 6.07) is 20.8. The summed E-state index contributed by atoms with van der Waals surface area (Å²) in [6.45, 7) is 0. The van der Waals surface area contributed by atoms with Gasteiger partial charge in [-0.25, -0.2) is 5.43 Å². The number of hydrogen-bond acceptors (Lipinski definition) is 5. The molecule has 7 heteroatoms. The van der Waals surface area contributed by atoms with Gasteiger partial charge in [-0.15, -0.1) is 11.3 Å². The second kappa shape index (κ2) is 8.32. The number of ether oxygens (including phenoxy) is 1. The molecule has 138 valence electrons. The summed E-state index contributed by atoms with van der Waals surface area (Å²) in [5.41, 5.74) is 4.47. The second-order valence-corrected chi connectivity index (χ2v) is 6.77. The Bertz CT molecular complexity index is 1090. The van der Waals surface area contributed by atoms with Gasteiger partial charge in [0, 0.05) is 0 Å². The lowest BCUT2D eigenvalue weighted by atomic mass is 10.2. The van der Waals surface area contributed by atoms with Gasteiger partial charge in [-0.3, -0.25) is 9.89 Å². The molecule has 0 aliphatic rings. The molecule has 2 aromatic carbocycles. The van der Waals surface area contributed by atoms with Crippen LogP contribution < -0.4 is 10.2 Å². The molecule has 0 aliphatic carbocycles. The van der Waals surface area contributed by atoms with Crippen LogP contribution in [0.25, 0.3) is 10.6 Å². The van der Waals surface area contributed by atoms with Crippen LogP contribution in [0.15, 0.2) is 83.4 Å². The van der Waals surface area contributed by atoms with Gasteiger partial charge >= 0.3 is 0 Å². The molecule has 0 aliphatic heterocycles. The van der Waals surface area contributed by atoms with E-state index in [4.69, 9.17) is 4.74 Å². The highest BCUT2D eigenvalue weighted by Gasteiger charge is 2.15. The van der Waals surface area contributed by atoms with E-state index in [9.17, 15) is 4.79 Å². The van der Waals surface area contributed by atoms with Crippen molar-refractivity contribution in [1.29, 1.82) is 0 Å². The largest absolute Gasteiger partial charge is 0.457 e. The van der Waals surface area contributed by atoms with Gasteiger partial charge < -0.3 is 4.74 Å². The third-order valence-corrected chi connectivity index (χ3v) is 4.76. The Morgan fingerprint density at radius 3 is 2.75 bits per heavy atom. The number of hydrazone groups is 1. The van der Waals surface area contributed by atoms with Gasteiger partial charge in [0.15, 0.2) is 0 Å². The van der Waals surface area contributed by atoms with Crippen LogP contribution in [-0.4, -0.2) is 22.3 Å². The molecule has 28 heavy (non-hydrogen) atoms. The lowest BCUT2D eigenvalue weighted by Gasteiger charge is -2.05. The lowest BCUT2D eigenvalue weighted by molar-refractivity contribution is 0.0956. The smallest absolute Gasteiger partial charge is 0.275 e. The van der Waals surface area contributed by atoms with E-state index in [0.717, 1.165) is 16.2 Å². The predicted molar refractivity (Wildman–Crippen MR) is 110 cm³/mol. The number of aromatic nitrogens is 2. The summed E-state index contributed by atoms with van der Waals surface area (Å²) < 4.78 is 5.80. The minimum Gasteiger partial charge on any atom is -0.457 e. The molecule has 0 unspecified atom stereocenters. The highest BCUT2D eigenvalue weighted by atomic mass is 32.1. The molecular formula is C21H16N4O2S. The Balaban J connectivity index is 1.42. The molecule has 0 radical (unpaired) electrons. The van der Waals surface area contributed by atoms with Crippen LogP contribution in [0, 0.1) is 0 Å². The molecule has 6 nitrogen and oxygen atoms in total. The van der Waals surface area contributed by atoms with Crippen molar-refractivity contribution in [3.05, 3.63) is 89.4 Å². The summed E-state index contributed by atoms with van der Waals surface area (Å²) in [6.07, 6.45) is 3.06. The van der Waals surface area contributed by atoms with Gasteiger partial charge in [0.05, 0.1) is 28.5 Å². The molecular weight excluding hydrogens is 372 g/mol. The van der Waals surface area contributed by atoms with E-state index in [1.807, 2.05) is 72.1 Å². The quantitative estimate of drug-likeness (QED) is 0.371. The Labute approximate surface area is 165 Å². The summed E-state index contributed by atoms with van der Waals surface area (Å²) >= 11 is 1.53. The minimum atomic E-state index is -0.329. The van der Waals surface area contributed by atoms with Crippen LogP contribution in [0.4, 0.5) is 0 Å². The number of H-pyrrole nitrogens is 1. The topological polar surface area (TPSA) is 79.4 Å². The number of amides is 1. The zero-order valence-electron chi connectivity index (χ0n) is 14.7. The van der Waals surface area contributed by atoms with E-state index in [1.165, 1.54) is 17.5 Å². The number of carbonyl (C=O) groups excluding carboxylic acids is 1. The number of nitrogens with zero attached hydrogens (tertiary/aromatic N) is 2. The summed E-state index contributed by atoms with van der Waals surface area (Å²) in [5.74, 6) is 1.12. The van der Waals surface area contributed by atoms with Crippen molar-refractivity contribution in [2.24, 2.45) is 5.10 Å². The highest BCUT2D eigenvalue weighted by Crippen LogP contribution is 2.25. The van der Waals surface area contributed by atoms with E-state index >= 15 is 0 Å². The molecule has 0 saturated heterocycles. The molecule has 0 bridgehead atoms. The first-order chi connectivity index (χ1) is 13.8. The lowest BCUT2D eigenvalue weighted by Crippen LogP contribution is -2.17. The van der Waals surface area contributed by atoms with Gasteiger partial charge in [0.25, 0.3) is 5.91 Å². The number of carbonyl (C=O) groups is 1. The standard InChI is InChI=1S/C21H16N4O2S/c26-21(18-14-23-24-20(18)19-10-5-11-28-19)25-22-13-15-6-4-9-17(12-15)27-16-7-2-1-3-8-16/h1-14H,(H,23,24)(H,25,26). The second-order valence-electron chi connectivity index (χ2n) is 5.82. The van der Waals surface area contributed by atoms with E-state index in [-0.39, 0.29) is 5.91 Å². The maximum atomic E-state index is 12.4. The van der Waals surface area contributed by atoms with Crippen LogP contribution in [0.2, 0.25) is 0 Å². The van der Waals surface area contributed by atoms with Crippen molar-refractivity contribution in [1.82, 2.24) is 15.6 Å². The Morgan fingerprint density at radius 1 is 1.07 bits per heavy atom. The van der Waals surface area contributed by atoms with Crippen LogP contribution >= 0.6 is 11.3 Å². The number of para-hydroxylation sites is 1. The molecule has 0 spiro atoms. The molecule has 2 N–H and O–H groups in total. The first-order valence-corrected chi connectivity index (χ1v) is 9.41. The Hall–Kier alpha value is -3.71. The van der Waals surface area contributed by atoms with Gasteiger partial charge in [-0.05, 0) is 41.3 Å². The van der Waals surface area contributed by atoms with Crippen molar-refractivity contribution in [3.8, 4) is 22.1 Å². The van der Waals surface area contributed by atoms with Gasteiger partial charge in [0.1, 0.15) is 11.5 Å². The SMILES string of the molecule is O=C(NN=Cc1cccc(Oc2ccccc2)c1)c1cn[nH]c1-c1cccs1.